The molecule has 0 spiro atoms. The van der Waals surface area contributed by atoms with Crippen molar-refractivity contribution in [1.82, 2.24) is 5.32 Å². The van der Waals surface area contributed by atoms with Crippen LogP contribution in [0.5, 0.6) is 0 Å². The molecule has 0 radical (unpaired) electrons. The lowest BCUT2D eigenvalue weighted by molar-refractivity contribution is 0.457. The summed E-state index contributed by atoms with van der Waals surface area (Å²) in [7, 11) is 0. The maximum Gasteiger partial charge on any atom is 0.0515 e. The van der Waals surface area contributed by atoms with E-state index in [0.717, 1.165) is 13.0 Å². The third kappa shape index (κ3) is 8.90. The Kier molecular flexibility index (Phi) is 12.5. The molecule has 1 heterocycles. The lowest BCUT2D eigenvalue weighted by atomic mass is 9.80. The van der Waals surface area contributed by atoms with Gasteiger partial charge in [-0.15, -0.1) is 11.3 Å². The first-order valence-electron chi connectivity index (χ1n) is 14.2. The van der Waals surface area contributed by atoms with Gasteiger partial charge in [0.25, 0.3) is 0 Å². The minimum atomic E-state index is 0.542. The van der Waals surface area contributed by atoms with E-state index in [1.807, 2.05) is 11.3 Å². The molecule has 2 atom stereocenters. The second-order valence-electron chi connectivity index (χ2n) is 9.81. The van der Waals surface area contributed by atoms with E-state index in [0.29, 0.717) is 11.8 Å². The number of fused-ring (bicyclic) bond motifs is 1. The highest BCUT2D eigenvalue weighted by atomic mass is 32.1. The van der Waals surface area contributed by atoms with Crippen molar-refractivity contribution in [2.75, 3.05) is 6.54 Å². The molecule has 4 rings (SSSR count). The molecule has 2 unspecified atom stereocenters. The van der Waals surface area contributed by atoms with E-state index in [-0.39, 0.29) is 0 Å². The smallest absolute Gasteiger partial charge is 0.0515 e. The van der Waals surface area contributed by atoms with Gasteiger partial charge < -0.3 is 5.32 Å². The maximum absolute atomic E-state index is 3.79. The van der Waals surface area contributed by atoms with Gasteiger partial charge >= 0.3 is 0 Å². The van der Waals surface area contributed by atoms with Gasteiger partial charge in [0.15, 0.2) is 0 Å². The van der Waals surface area contributed by atoms with Gasteiger partial charge in [0.2, 0.25) is 0 Å². The summed E-state index contributed by atoms with van der Waals surface area (Å²) in [6.45, 7) is 9.62. The molecule has 1 nitrogen and oxygen atoms in total. The first-order valence-corrected chi connectivity index (χ1v) is 15.0. The Bertz CT molecular complexity index is 1150. The van der Waals surface area contributed by atoms with Crippen molar-refractivity contribution in [3.8, 4) is 0 Å². The lowest BCUT2D eigenvalue weighted by Gasteiger charge is -2.26. The van der Waals surface area contributed by atoms with E-state index in [2.05, 4.69) is 130 Å². The third-order valence-corrected chi connectivity index (χ3v) is 7.93. The number of allylic oxidation sites excluding steroid dienone is 7. The predicted molar refractivity (Wildman–Crippen MR) is 167 cm³/mol. The average Bonchev–Trinajstić information content (AvgIpc) is 3.38. The van der Waals surface area contributed by atoms with E-state index >= 15 is 0 Å². The number of hydrogen-bond donors (Lipinski definition) is 1. The van der Waals surface area contributed by atoms with Crippen molar-refractivity contribution in [2.24, 2.45) is 5.92 Å². The molecule has 1 N–H and O–H groups in total. The molecule has 1 aliphatic carbocycles. The van der Waals surface area contributed by atoms with Gasteiger partial charge in [-0.1, -0.05) is 106 Å². The largest absolute Gasteiger partial charge is 0.384 e. The Hall–Kier alpha value is -2.84. The van der Waals surface area contributed by atoms with E-state index in [1.165, 1.54) is 58.3 Å². The minimum absolute atomic E-state index is 0.542. The molecule has 196 valence electrons. The van der Waals surface area contributed by atoms with Gasteiger partial charge in [-0.25, -0.2) is 0 Å². The molecule has 2 heteroatoms. The molecular formula is C35H45NS. The molecule has 2 aromatic carbocycles. The highest BCUT2D eigenvalue weighted by molar-refractivity contribution is 7.20. The Morgan fingerprint density at radius 2 is 1.73 bits per heavy atom. The summed E-state index contributed by atoms with van der Waals surface area (Å²) < 4.78 is 1.34. The first kappa shape index (κ1) is 28.7. The number of rotatable bonds is 11. The maximum atomic E-state index is 3.79. The molecule has 1 aliphatic rings. The molecule has 0 saturated carbocycles. The molecule has 0 saturated heterocycles. The molecule has 0 amide bonds. The van der Waals surface area contributed by atoms with Crippen molar-refractivity contribution in [1.29, 1.82) is 0 Å². The number of hydrogen-bond acceptors (Lipinski definition) is 2. The fourth-order valence-electron chi connectivity index (χ4n) is 4.88. The fraction of sp³-hybridized carbons (Fsp3) is 0.371. The van der Waals surface area contributed by atoms with E-state index in [4.69, 9.17) is 0 Å². The quantitative estimate of drug-likeness (QED) is 0.252. The van der Waals surface area contributed by atoms with Crippen molar-refractivity contribution < 1.29 is 0 Å². The van der Waals surface area contributed by atoms with Gasteiger partial charge in [-0.3, -0.25) is 0 Å². The van der Waals surface area contributed by atoms with Crippen LogP contribution >= 0.6 is 11.3 Å². The Balaban J connectivity index is 0.00000121. The molecule has 0 bridgehead atoms. The van der Waals surface area contributed by atoms with E-state index in [9.17, 15) is 0 Å². The summed E-state index contributed by atoms with van der Waals surface area (Å²) in [6.07, 6.45) is 20.8. The topological polar surface area (TPSA) is 12.0 Å². The van der Waals surface area contributed by atoms with Gasteiger partial charge in [0.05, 0.1) is 10.6 Å². The summed E-state index contributed by atoms with van der Waals surface area (Å²) in [5.41, 5.74) is 4.22. The SMILES string of the molecule is C/C=C\C=C(/NCCC(CC(CC)C1=CCCC=C1)c1ccccc1)c1cc2ccccc2s1.CCC. The molecule has 37 heavy (non-hydrogen) atoms. The predicted octanol–water partition coefficient (Wildman–Crippen LogP) is 10.7. The number of nitrogens with one attached hydrogen (secondary N) is 1. The fourth-order valence-corrected chi connectivity index (χ4v) is 5.94. The van der Waals surface area contributed by atoms with Gasteiger partial charge in [0, 0.05) is 11.2 Å². The van der Waals surface area contributed by atoms with Crippen molar-refractivity contribution in [3.05, 3.63) is 113 Å². The standard InChI is InChI=1S/C32H37NS.C3H8/c1-3-5-19-30(32-24-29-18-12-13-20-31(29)34-32)33-22-21-28(27-16-10-7-11-17-27)23-25(4-2)26-14-8-6-9-15-26;1-3-2/h3,5,7-8,10-20,24-25,28,33H,4,6,9,21-23H2,1-2H3;3H2,1-2H3/b5-3-,30-19-;. The summed E-state index contributed by atoms with van der Waals surface area (Å²) in [5.74, 6) is 1.17. The Labute approximate surface area is 229 Å². The van der Waals surface area contributed by atoms with Crippen molar-refractivity contribution in [3.63, 3.8) is 0 Å². The normalized spacial score (nSPS) is 15.2. The summed E-state index contributed by atoms with van der Waals surface area (Å²) >= 11 is 1.86. The average molecular weight is 512 g/mol. The van der Waals surface area contributed by atoms with Crippen molar-refractivity contribution in [2.45, 2.75) is 72.1 Å². The van der Waals surface area contributed by atoms with Crippen LogP contribution < -0.4 is 5.32 Å². The van der Waals surface area contributed by atoms with Crippen LogP contribution in [0.4, 0.5) is 0 Å². The zero-order chi connectivity index (χ0) is 26.3. The summed E-state index contributed by atoms with van der Waals surface area (Å²) in [5, 5.41) is 5.11. The zero-order valence-corrected chi connectivity index (χ0v) is 24.1. The van der Waals surface area contributed by atoms with Crippen LogP contribution in [-0.2, 0) is 0 Å². The highest BCUT2D eigenvalue weighted by Crippen LogP contribution is 2.34. The number of benzene rings is 2. The molecule has 3 aromatic rings. The summed E-state index contributed by atoms with van der Waals surface area (Å²) in [6, 6.07) is 22.1. The highest BCUT2D eigenvalue weighted by Gasteiger charge is 2.20. The lowest BCUT2D eigenvalue weighted by Crippen LogP contribution is -2.18. The Morgan fingerprint density at radius 3 is 2.41 bits per heavy atom. The first-order chi connectivity index (χ1) is 18.2. The van der Waals surface area contributed by atoms with Crippen LogP contribution in [-0.4, -0.2) is 6.54 Å². The number of thiophene rings is 1. The van der Waals surface area contributed by atoms with Gasteiger partial charge in [-0.2, -0.15) is 0 Å². The second kappa shape index (κ2) is 16.1. The van der Waals surface area contributed by atoms with Crippen LogP contribution in [0.2, 0.25) is 0 Å². The van der Waals surface area contributed by atoms with Gasteiger partial charge in [-0.05, 0) is 85.6 Å². The van der Waals surface area contributed by atoms with Crippen LogP contribution in [0.25, 0.3) is 15.8 Å². The molecular weight excluding hydrogens is 466 g/mol. The van der Waals surface area contributed by atoms with Crippen LogP contribution in [0.1, 0.15) is 82.6 Å². The second-order valence-corrected chi connectivity index (χ2v) is 10.9. The minimum Gasteiger partial charge on any atom is -0.384 e. The Morgan fingerprint density at radius 1 is 0.973 bits per heavy atom. The monoisotopic (exact) mass is 511 g/mol. The molecule has 0 aliphatic heterocycles. The summed E-state index contributed by atoms with van der Waals surface area (Å²) in [4.78, 5) is 1.31. The van der Waals surface area contributed by atoms with Crippen LogP contribution in [0, 0.1) is 5.92 Å². The van der Waals surface area contributed by atoms with E-state index < -0.39 is 0 Å². The van der Waals surface area contributed by atoms with E-state index in [1.54, 1.807) is 5.57 Å². The zero-order valence-electron chi connectivity index (χ0n) is 23.3. The molecule has 0 fully saturated rings. The van der Waals surface area contributed by atoms with Crippen LogP contribution in [0.15, 0.2) is 103 Å². The van der Waals surface area contributed by atoms with Crippen LogP contribution in [0.3, 0.4) is 0 Å². The third-order valence-electron chi connectivity index (χ3n) is 6.78. The molecule has 1 aromatic heterocycles. The van der Waals surface area contributed by atoms with Gasteiger partial charge in [0.1, 0.15) is 0 Å². The van der Waals surface area contributed by atoms with Crippen molar-refractivity contribution >= 4 is 27.1 Å².